The first-order valence-corrected chi connectivity index (χ1v) is 4.42. The highest BCUT2D eigenvalue weighted by atomic mass is 15.2. The summed E-state index contributed by atoms with van der Waals surface area (Å²) in [7, 11) is 2.18. The molecule has 0 saturated heterocycles. The van der Waals surface area contributed by atoms with E-state index in [4.69, 9.17) is 0 Å². The molecule has 1 heterocycles. The van der Waals surface area contributed by atoms with Gasteiger partial charge in [-0.05, 0) is 32.0 Å². The molecule has 1 aliphatic heterocycles. The predicted octanol–water partition coefficient (Wildman–Crippen LogP) is 2.37. The summed E-state index contributed by atoms with van der Waals surface area (Å²) in [4.78, 5) is 2.39. The molecular formula is C11H15N. The third-order valence-corrected chi connectivity index (χ3v) is 3.04. The number of nitrogens with zero attached hydrogens (tertiary/aromatic N) is 1. The van der Waals surface area contributed by atoms with Crippen molar-refractivity contribution in [1.82, 2.24) is 4.90 Å². The van der Waals surface area contributed by atoms with Crippen LogP contribution in [-0.2, 0) is 12.1 Å². The molecule has 1 aliphatic rings. The van der Waals surface area contributed by atoms with Gasteiger partial charge in [-0.1, -0.05) is 24.3 Å². The zero-order chi connectivity index (χ0) is 8.77. The smallest absolute Gasteiger partial charge is 0.0408 e. The second-order valence-corrected chi connectivity index (χ2v) is 4.07. The Hall–Kier alpha value is -0.820. The molecule has 0 spiro atoms. The number of rotatable bonds is 0. The summed E-state index contributed by atoms with van der Waals surface area (Å²) < 4.78 is 0. The molecule has 0 aromatic heterocycles. The van der Waals surface area contributed by atoms with Crippen molar-refractivity contribution in [2.45, 2.75) is 25.9 Å². The Morgan fingerprint density at radius 1 is 1.25 bits per heavy atom. The Morgan fingerprint density at radius 2 is 1.92 bits per heavy atom. The standard InChI is InChI=1S/C11H15N/c1-11(2)10-7-5-4-6-9(10)8-12(11)3/h4-7H,8H2,1-3H3. The van der Waals surface area contributed by atoms with Crippen LogP contribution in [0.25, 0.3) is 0 Å². The van der Waals surface area contributed by atoms with E-state index in [1.54, 1.807) is 0 Å². The highest BCUT2D eigenvalue weighted by Crippen LogP contribution is 2.36. The summed E-state index contributed by atoms with van der Waals surface area (Å²) >= 11 is 0. The normalized spacial score (nSPS) is 20.9. The van der Waals surface area contributed by atoms with Crippen LogP contribution in [0.4, 0.5) is 0 Å². The summed E-state index contributed by atoms with van der Waals surface area (Å²) in [5, 5.41) is 0. The average molecular weight is 161 g/mol. The van der Waals surface area contributed by atoms with Crippen LogP contribution in [0, 0.1) is 0 Å². The molecule has 0 unspecified atom stereocenters. The average Bonchev–Trinajstić information content (AvgIpc) is 2.25. The van der Waals surface area contributed by atoms with Crippen LogP contribution in [0.2, 0.25) is 0 Å². The van der Waals surface area contributed by atoms with Gasteiger partial charge in [0.2, 0.25) is 0 Å². The third-order valence-electron chi connectivity index (χ3n) is 3.04. The van der Waals surface area contributed by atoms with Crippen LogP contribution in [0.5, 0.6) is 0 Å². The van der Waals surface area contributed by atoms with Crippen LogP contribution < -0.4 is 0 Å². The molecule has 0 amide bonds. The SMILES string of the molecule is CN1Cc2ccccc2C1(C)C. The first-order chi connectivity index (χ1) is 5.62. The largest absolute Gasteiger partial charge is 0.293 e. The van der Waals surface area contributed by atoms with Gasteiger partial charge >= 0.3 is 0 Å². The first-order valence-electron chi connectivity index (χ1n) is 4.42. The summed E-state index contributed by atoms with van der Waals surface area (Å²) in [5.41, 5.74) is 3.17. The lowest BCUT2D eigenvalue weighted by Crippen LogP contribution is -2.31. The van der Waals surface area contributed by atoms with Crippen molar-refractivity contribution in [3.63, 3.8) is 0 Å². The van der Waals surface area contributed by atoms with E-state index in [1.165, 1.54) is 11.1 Å². The van der Waals surface area contributed by atoms with Crippen molar-refractivity contribution < 1.29 is 0 Å². The maximum Gasteiger partial charge on any atom is 0.0408 e. The fourth-order valence-corrected chi connectivity index (χ4v) is 1.91. The quantitative estimate of drug-likeness (QED) is 0.564. The van der Waals surface area contributed by atoms with E-state index in [0.29, 0.717) is 0 Å². The van der Waals surface area contributed by atoms with Crippen LogP contribution in [0.1, 0.15) is 25.0 Å². The van der Waals surface area contributed by atoms with E-state index in [-0.39, 0.29) is 5.54 Å². The van der Waals surface area contributed by atoms with E-state index in [0.717, 1.165) is 6.54 Å². The van der Waals surface area contributed by atoms with Gasteiger partial charge in [0.25, 0.3) is 0 Å². The monoisotopic (exact) mass is 161 g/mol. The van der Waals surface area contributed by atoms with Gasteiger partial charge in [0.1, 0.15) is 0 Å². The van der Waals surface area contributed by atoms with Crippen molar-refractivity contribution >= 4 is 0 Å². The summed E-state index contributed by atoms with van der Waals surface area (Å²) in [6.45, 7) is 5.64. The summed E-state index contributed by atoms with van der Waals surface area (Å²) in [6.07, 6.45) is 0. The van der Waals surface area contributed by atoms with Crippen molar-refractivity contribution in [3.8, 4) is 0 Å². The molecule has 0 fully saturated rings. The minimum absolute atomic E-state index is 0.219. The molecule has 0 bridgehead atoms. The fraction of sp³-hybridized carbons (Fsp3) is 0.455. The molecule has 0 N–H and O–H groups in total. The molecule has 1 aromatic rings. The number of fused-ring (bicyclic) bond motifs is 1. The van der Waals surface area contributed by atoms with Crippen LogP contribution in [0.15, 0.2) is 24.3 Å². The summed E-state index contributed by atoms with van der Waals surface area (Å²) in [6, 6.07) is 8.70. The second kappa shape index (κ2) is 2.33. The molecule has 1 nitrogen and oxygen atoms in total. The van der Waals surface area contributed by atoms with Crippen molar-refractivity contribution in [2.75, 3.05) is 7.05 Å². The van der Waals surface area contributed by atoms with E-state index in [9.17, 15) is 0 Å². The fourth-order valence-electron chi connectivity index (χ4n) is 1.91. The Morgan fingerprint density at radius 3 is 2.58 bits per heavy atom. The molecular weight excluding hydrogens is 146 g/mol. The molecule has 0 atom stereocenters. The number of hydrogen-bond donors (Lipinski definition) is 0. The Kier molecular flexibility index (Phi) is 1.52. The van der Waals surface area contributed by atoms with Crippen molar-refractivity contribution in [1.29, 1.82) is 0 Å². The van der Waals surface area contributed by atoms with Gasteiger partial charge in [-0.15, -0.1) is 0 Å². The highest BCUT2D eigenvalue weighted by molar-refractivity contribution is 5.36. The molecule has 2 rings (SSSR count). The van der Waals surface area contributed by atoms with E-state index in [2.05, 4.69) is 50.1 Å². The van der Waals surface area contributed by atoms with E-state index < -0.39 is 0 Å². The van der Waals surface area contributed by atoms with Gasteiger partial charge in [0, 0.05) is 12.1 Å². The molecule has 1 aromatic carbocycles. The zero-order valence-electron chi connectivity index (χ0n) is 7.96. The van der Waals surface area contributed by atoms with Gasteiger partial charge in [-0.2, -0.15) is 0 Å². The van der Waals surface area contributed by atoms with Gasteiger partial charge in [-0.3, -0.25) is 4.90 Å². The van der Waals surface area contributed by atoms with Crippen LogP contribution >= 0.6 is 0 Å². The molecule has 1 heteroatoms. The molecule has 12 heavy (non-hydrogen) atoms. The van der Waals surface area contributed by atoms with Gasteiger partial charge in [0.15, 0.2) is 0 Å². The molecule has 0 radical (unpaired) electrons. The number of hydrogen-bond acceptors (Lipinski definition) is 1. The minimum atomic E-state index is 0.219. The van der Waals surface area contributed by atoms with Crippen molar-refractivity contribution in [2.24, 2.45) is 0 Å². The van der Waals surface area contributed by atoms with E-state index >= 15 is 0 Å². The topological polar surface area (TPSA) is 3.24 Å². The Bertz CT molecular complexity index is 302. The maximum atomic E-state index is 2.39. The highest BCUT2D eigenvalue weighted by Gasteiger charge is 2.33. The first kappa shape index (κ1) is 7.81. The molecule has 0 aliphatic carbocycles. The van der Waals surface area contributed by atoms with Gasteiger partial charge in [0.05, 0.1) is 0 Å². The van der Waals surface area contributed by atoms with E-state index in [1.807, 2.05) is 0 Å². The summed E-state index contributed by atoms with van der Waals surface area (Å²) in [5.74, 6) is 0. The lowest BCUT2D eigenvalue weighted by Gasteiger charge is -2.28. The Labute approximate surface area is 74.0 Å². The lowest BCUT2D eigenvalue weighted by atomic mass is 9.94. The van der Waals surface area contributed by atoms with Gasteiger partial charge < -0.3 is 0 Å². The predicted molar refractivity (Wildman–Crippen MR) is 50.9 cm³/mol. The minimum Gasteiger partial charge on any atom is -0.293 e. The molecule has 0 saturated carbocycles. The second-order valence-electron chi connectivity index (χ2n) is 4.07. The Balaban J connectivity index is 2.55. The molecule has 64 valence electrons. The lowest BCUT2D eigenvalue weighted by molar-refractivity contribution is 0.178. The van der Waals surface area contributed by atoms with Crippen molar-refractivity contribution in [3.05, 3.63) is 35.4 Å². The third kappa shape index (κ3) is 0.896. The van der Waals surface area contributed by atoms with Crippen LogP contribution in [0.3, 0.4) is 0 Å². The van der Waals surface area contributed by atoms with Crippen LogP contribution in [-0.4, -0.2) is 11.9 Å². The maximum absolute atomic E-state index is 2.39. The number of benzene rings is 1. The van der Waals surface area contributed by atoms with Gasteiger partial charge in [-0.25, -0.2) is 0 Å². The zero-order valence-corrected chi connectivity index (χ0v) is 7.96.